The Morgan fingerprint density at radius 1 is 1.59 bits per heavy atom. The number of aromatic nitrogens is 1. The Hall–Kier alpha value is -1.84. The summed E-state index contributed by atoms with van der Waals surface area (Å²) >= 11 is 0. The molecule has 4 heteroatoms. The van der Waals surface area contributed by atoms with Crippen LogP contribution in [0.2, 0.25) is 0 Å². The van der Waals surface area contributed by atoms with Gasteiger partial charge in [-0.15, -0.1) is 0 Å². The first-order chi connectivity index (χ1) is 7.99. The van der Waals surface area contributed by atoms with Gasteiger partial charge in [0.25, 0.3) is 0 Å². The lowest BCUT2D eigenvalue weighted by molar-refractivity contribution is -0.146. The van der Waals surface area contributed by atoms with E-state index in [2.05, 4.69) is 10.3 Å². The minimum Gasteiger partial charge on any atom is -0.481 e. The maximum absolute atomic E-state index is 11.1. The maximum Gasteiger partial charge on any atom is 0.309 e. The molecule has 1 aromatic rings. The maximum atomic E-state index is 11.1. The molecule has 0 atom stereocenters. The molecular formula is C13H16N2O2. The summed E-state index contributed by atoms with van der Waals surface area (Å²) in [6.45, 7) is 4.17. The standard InChI is InChI=1S/C13H16N2O2/c1-13(2,12(16)17)7-9-6-11-10(15-8-9)4-3-5-14-11/h3-6,15H,7-8H2,1-2H3,(H,16,17). The molecular weight excluding hydrogens is 216 g/mol. The molecule has 2 N–H and O–H groups in total. The van der Waals surface area contributed by atoms with Crippen molar-refractivity contribution in [2.75, 3.05) is 11.9 Å². The minimum absolute atomic E-state index is 0.533. The molecule has 1 aliphatic rings. The van der Waals surface area contributed by atoms with Crippen LogP contribution in [0.4, 0.5) is 5.69 Å². The van der Waals surface area contributed by atoms with Crippen LogP contribution >= 0.6 is 0 Å². The lowest BCUT2D eigenvalue weighted by Gasteiger charge is -2.24. The molecule has 17 heavy (non-hydrogen) atoms. The summed E-state index contributed by atoms with van der Waals surface area (Å²) in [5.74, 6) is -0.773. The molecule has 0 aliphatic carbocycles. The first-order valence-corrected chi connectivity index (χ1v) is 5.61. The van der Waals surface area contributed by atoms with Crippen molar-refractivity contribution in [2.24, 2.45) is 5.41 Å². The fourth-order valence-corrected chi connectivity index (χ4v) is 1.89. The van der Waals surface area contributed by atoms with Crippen molar-refractivity contribution < 1.29 is 9.90 Å². The van der Waals surface area contributed by atoms with Crippen molar-refractivity contribution in [3.05, 3.63) is 29.6 Å². The molecule has 0 saturated carbocycles. The largest absolute Gasteiger partial charge is 0.481 e. The molecule has 1 aromatic heterocycles. The zero-order chi connectivity index (χ0) is 12.5. The van der Waals surface area contributed by atoms with Crippen LogP contribution in [0, 0.1) is 5.41 Å². The van der Waals surface area contributed by atoms with Gasteiger partial charge < -0.3 is 10.4 Å². The van der Waals surface area contributed by atoms with Gasteiger partial charge in [0.1, 0.15) is 0 Å². The summed E-state index contributed by atoms with van der Waals surface area (Å²) in [4.78, 5) is 15.3. The Morgan fingerprint density at radius 3 is 3.06 bits per heavy atom. The summed E-state index contributed by atoms with van der Waals surface area (Å²) in [5, 5.41) is 12.4. The van der Waals surface area contributed by atoms with E-state index in [1.54, 1.807) is 20.0 Å². The SMILES string of the molecule is CC(C)(CC1=Cc2ncccc2NC1)C(=O)O. The molecule has 0 saturated heterocycles. The van der Waals surface area contributed by atoms with Crippen LogP contribution in [-0.4, -0.2) is 22.6 Å². The molecule has 0 radical (unpaired) electrons. The van der Waals surface area contributed by atoms with E-state index < -0.39 is 11.4 Å². The van der Waals surface area contributed by atoms with Crippen molar-refractivity contribution in [1.29, 1.82) is 0 Å². The second kappa shape index (κ2) is 4.20. The lowest BCUT2D eigenvalue weighted by atomic mass is 9.84. The van der Waals surface area contributed by atoms with E-state index in [1.807, 2.05) is 18.2 Å². The third-order valence-corrected chi connectivity index (χ3v) is 2.93. The average Bonchev–Trinajstić information content (AvgIpc) is 2.28. The second-order valence-corrected chi connectivity index (χ2v) is 4.96. The molecule has 0 fully saturated rings. The van der Waals surface area contributed by atoms with Crippen molar-refractivity contribution in [2.45, 2.75) is 20.3 Å². The monoisotopic (exact) mass is 232 g/mol. The molecule has 0 aromatic carbocycles. The highest BCUT2D eigenvalue weighted by Crippen LogP contribution is 2.30. The molecule has 1 aliphatic heterocycles. The van der Waals surface area contributed by atoms with E-state index in [0.717, 1.165) is 17.0 Å². The van der Waals surface area contributed by atoms with Crippen molar-refractivity contribution in [3.8, 4) is 0 Å². The topological polar surface area (TPSA) is 62.2 Å². The second-order valence-electron chi connectivity index (χ2n) is 4.96. The number of hydrogen-bond donors (Lipinski definition) is 2. The van der Waals surface area contributed by atoms with Gasteiger partial charge in [0, 0.05) is 12.7 Å². The summed E-state index contributed by atoms with van der Waals surface area (Å²) in [6, 6.07) is 3.85. The van der Waals surface area contributed by atoms with E-state index in [4.69, 9.17) is 5.11 Å². The number of aliphatic carboxylic acids is 1. The number of carboxylic acid groups (broad SMARTS) is 1. The summed E-state index contributed by atoms with van der Waals surface area (Å²) in [5.41, 5.74) is 2.22. The van der Waals surface area contributed by atoms with Crippen molar-refractivity contribution in [1.82, 2.24) is 4.98 Å². The number of nitrogens with zero attached hydrogens (tertiary/aromatic N) is 1. The number of carboxylic acids is 1. The van der Waals surface area contributed by atoms with Gasteiger partial charge in [-0.05, 0) is 44.1 Å². The summed E-state index contributed by atoms with van der Waals surface area (Å²) in [6.07, 6.45) is 4.25. The van der Waals surface area contributed by atoms with E-state index in [9.17, 15) is 4.79 Å². The third kappa shape index (κ3) is 2.46. The van der Waals surface area contributed by atoms with Crippen molar-refractivity contribution in [3.63, 3.8) is 0 Å². The molecule has 0 bridgehead atoms. The fourth-order valence-electron chi connectivity index (χ4n) is 1.89. The number of nitrogens with one attached hydrogen (secondary N) is 1. The Bertz CT molecular complexity index is 478. The quantitative estimate of drug-likeness (QED) is 0.840. The van der Waals surface area contributed by atoms with E-state index >= 15 is 0 Å². The first kappa shape index (κ1) is 11.6. The van der Waals surface area contributed by atoms with Gasteiger partial charge in [-0.2, -0.15) is 0 Å². The van der Waals surface area contributed by atoms with Crippen LogP contribution in [0.15, 0.2) is 23.9 Å². The van der Waals surface area contributed by atoms with Crippen LogP contribution in [0.1, 0.15) is 26.0 Å². The van der Waals surface area contributed by atoms with Gasteiger partial charge in [0.2, 0.25) is 0 Å². The molecule has 90 valence electrons. The molecule has 0 spiro atoms. The van der Waals surface area contributed by atoms with Gasteiger partial charge in [-0.1, -0.05) is 0 Å². The molecule has 0 unspecified atom stereocenters. The van der Waals surface area contributed by atoms with Crippen LogP contribution in [0.3, 0.4) is 0 Å². The zero-order valence-electron chi connectivity index (χ0n) is 10.0. The van der Waals surface area contributed by atoms with E-state index in [-0.39, 0.29) is 0 Å². The number of fused-ring (bicyclic) bond motifs is 1. The first-order valence-electron chi connectivity index (χ1n) is 5.61. The summed E-state index contributed by atoms with van der Waals surface area (Å²) < 4.78 is 0. The van der Waals surface area contributed by atoms with Gasteiger partial charge in [-0.3, -0.25) is 9.78 Å². The number of pyridine rings is 1. The van der Waals surface area contributed by atoms with Crippen LogP contribution in [0.5, 0.6) is 0 Å². The van der Waals surface area contributed by atoms with Gasteiger partial charge in [0.05, 0.1) is 16.8 Å². The van der Waals surface area contributed by atoms with Crippen LogP contribution < -0.4 is 5.32 Å². The smallest absolute Gasteiger partial charge is 0.309 e. The highest BCUT2D eigenvalue weighted by atomic mass is 16.4. The zero-order valence-corrected chi connectivity index (χ0v) is 10.0. The van der Waals surface area contributed by atoms with Gasteiger partial charge in [0.15, 0.2) is 0 Å². The Balaban J connectivity index is 2.21. The predicted octanol–water partition coefficient (Wildman–Crippen LogP) is 2.39. The number of rotatable bonds is 3. The Labute approximate surface area is 100 Å². The predicted molar refractivity (Wildman–Crippen MR) is 66.7 cm³/mol. The Morgan fingerprint density at radius 2 is 2.35 bits per heavy atom. The molecule has 2 rings (SSSR count). The summed E-state index contributed by atoms with van der Waals surface area (Å²) in [7, 11) is 0. The van der Waals surface area contributed by atoms with Crippen molar-refractivity contribution >= 4 is 17.7 Å². The van der Waals surface area contributed by atoms with E-state index in [0.29, 0.717) is 13.0 Å². The van der Waals surface area contributed by atoms with Gasteiger partial charge in [-0.25, -0.2) is 0 Å². The van der Waals surface area contributed by atoms with Crippen LogP contribution in [-0.2, 0) is 4.79 Å². The number of anilines is 1. The molecule has 4 nitrogen and oxygen atoms in total. The lowest BCUT2D eigenvalue weighted by Crippen LogP contribution is -2.26. The number of hydrogen-bond acceptors (Lipinski definition) is 3. The molecule has 0 amide bonds. The Kier molecular flexibility index (Phi) is 2.88. The minimum atomic E-state index is -0.773. The molecule has 2 heterocycles. The highest BCUT2D eigenvalue weighted by molar-refractivity contribution is 5.75. The van der Waals surface area contributed by atoms with Gasteiger partial charge >= 0.3 is 5.97 Å². The van der Waals surface area contributed by atoms with Crippen LogP contribution in [0.25, 0.3) is 6.08 Å². The average molecular weight is 232 g/mol. The fraction of sp³-hybridized carbons (Fsp3) is 0.385. The normalized spacial score (nSPS) is 14.6. The third-order valence-electron chi connectivity index (χ3n) is 2.93. The van der Waals surface area contributed by atoms with E-state index in [1.165, 1.54) is 0 Å². The number of carbonyl (C=O) groups is 1. The highest BCUT2D eigenvalue weighted by Gasteiger charge is 2.29.